The number of nitrogen functional groups attached to an aromatic ring is 1. The first-order valence-electron chi connectivity index (χ1n) is 5.11. The van der Waals surface area contributed by atoms with Crippen LogP contribution >= 0.6 is 0 Å². The van der Waals surface area contributed by atoms with Gasteiger partial charge in [-0.1, -0.05) is 0 Å². The molecule has 90 valence electrons. The second-order valence-electron chi connectivity index (χ2n) is 3.47. The lowest BCUT2D eigenvalue weighted by Gasteiger charge is -2.07. The third kappa shape index (κ3) is 2.60. The highest BCUT2D eigenvalue weighted by Gasteiger charge is 2.06. The van der Waals surface area contributed by atoms with Gasteiger partial charge in [-0.2, -0.15) is 15.1 Å². The highest BCUT2D eigenvalue weighted by atomic mass is 16.1. The lowest BCUT2D eigenvalue weighted by atomic mass is 10.4. The monoisotopic (exact) mass is 235 g/mol. The fraction of sp³-hybridized carbons (Fsp3) is 0.333. The van der Waals surface area contributed by atoms with Crippen LogP contribution < -0.4 is 16.4 Å². The summed E-state index contributed by atoms with van der Waals surface area (Å²) in [5, 5.41) is 13.1. The van der Waals surface area contributed by atoms with Gasteiger partial charge in [-0.05, 0) is 0 Å². The Hall–Kier alpha value is -2.38. The average molecular weight is 235 g/mol. The van der Waals surface area contributed by atoms with Crippen molar-refractivity contribution in [2.24, 2.45) is 0 Å². The largest absolute Gasteiger partial charge is 0.368 e. The molecule has 2 rings (SSSR count). The van der Waals surface area contributed by atoms with Crippen molar-refractivity contribution in [3.8, 4) is 0 Å². The van der Waals surface area contributed by atoms with Crippen LogP contribution in [0.1, 0.15) is 6.92 Å². The number of rotatable bonds is 4. The van der Waals surface area contributed by atoms with Crippen LogP contribution in [0, 0.1) is 0 Å². The highest BCUT2D eigenvalue weighted by Crippen LogP contribution is 2.17. The van der Waals surface area contributed by atoms with Gasteiger partial charge in [-0.25, -0.2) is 0 Å². The molecule has 17 heavy (non-hydrogen) atoms. The number of nitrogens with zero attached hydrogens (tertiary/aromatic N) is 3. The second-order valence-corrected chi connectivity index (χ2v) is 3.47. The van der Waals surface area contributed by atoms with E-state index in [0.29, 0.717) is 24.6 Å². The molecule has 0 spiro atoms. The number of aromatic nitrogens is 4. The molecule has 0 aliphatic carbocycles. The van der Waals surface area contributed by atoms with Gasteiger partial charge < -0.3 is 16.4 Å². The van der Waals surface area contributed by atoms with Crippen LogP contribution in [0.25, 0.3) is 11.0 Å². The molecule has 0 fully saturated rings. The van der Waals surface area contributed by atoms with Crippen molar-refractivity contribution in [1.82, 2.24) is 25.5 Å². The maximum absolute atomic E-state index is 10.7. The molecule has 2 aromatic heterocycles. The van der Waals surface area contributed by atoms with Gasteiger partial charge in [0.25, 0.3) is 0 Å². The maximum Gasteiger partial charge on any atom is 0.224 e. The van der Waals surface area contributed by atoms with Crippen LogP contribution in [-0.2, 0) is 4.79 Å². The number of hydrogen-bond donors (Lipinski definition) is 4. The molecule has 5 N–H and O–H groups in total. The number of carbonyl (C=O) groups is 1. The van der Waals surface area contributed by atoms with Crippen LogP contribution in [0.4, 0.5) is 11.8 Å². The first kappa shape index (κ1) is 11.1. The number of aromatic amines is 1. The number of nitrogens with one attached hydrogen (secondary N) is 3. The van der Waals surface area contributed by atoms with E-state index < -0.39 is 0 Å². The molecule has 0 bridgehead atoms. The number of nitrogens with two attached hydrogens (primary N) is 1. The third-order valence-electron chi connectivity index (χ3n) is 2.12. The van der Waals surface area contributed by atoms with Gasteiger partial charge >= 0.3 is 0 Å². The third-order valence-corrected chi connectivity index (χ3v) is 2.12. The summed E-state index contributed by atoms with van der Waals surface area (Å²) in [6.07, 6.45) is 1.62. The molecule has 0 saturated carbocycles. The number of anilines is 2. The van der Waals surface area contributed by atoms with Gasteiger partial charge in [0, 0.05) is 20.0 Å². The molecular weight excluding hydrogens is 222 g/mol. The molecular formula is C9H13N7O. The Morgan fingerprint density at radius 2 is 2.29 bits per heavy atom. The SMILES string of the molecule is CC(=O)NCCNc1nc(N)nc2[nH]ncc12. The van der Waals surface area contributed by atoms with Gasteiger partial charge in [0.2, 0.25) is 11.9 Å². The number of fused-ring (bicyclic) bond motifs is 1. The summed E-state index contributed by atoms with van der Waals surface area (Å²) in [6, 6.07) is 0. The molecule has 0 aliphatic rings. The Balaban J connectivity index is 2.07. The molecule has 0 aromatic carbocycles. The zero-order valence-corrected chi connectivity index (χ0v) is 9.32. The van der Waals surface area contributed by atoms with E-state index in [9.17, 15) is 4.79 Å². The van der Waals surface area contributed by atoms with Crippen molar-refractivity contribution < 1.29 is 4.79 Å². The van der Waals surface area contributed by atoms with Gasteiger partial charge in [0.15, 0.2) is 5.65 Å². The van der Waals surface area contributed by atoms with E-state index >= 15 is 0 Å². The Labute approximate surface area is 97.0 Å². The standard InChI is InChI=1S/C9H13N7O/c1-5(17)11-2-3-12-7-6-4-13-16-8(6)15-9(10)14-7/h4H,2-3H2,1H3,(H,11,17)(H4,10,12,13,14,15,16). The molecule has 0 aliphatic heterocycles. The minimum Gasteiger partial charge on any atom is -0.368 e. The molecule has 8 heteroatoms. The molecule has 0 saturated heterocycles. The summed E-state index contributed by atoms with van der Waals surface area (Å²) in [6.45, 7) is 2.53. The summed E-state index contributed by atoms with van der Waals surface area (Å²) in [5.41, 5.74) is 6.14. The van der Waals surface area contributed by atoms with Crippen LogP contribution in [0.3, 0.4) is 0 Å². The number of amides is 1. The van der Waals surface area contributed by atoms with Crippen molar-refractivity contribution in [3.63, 3.8) is 0 Å². The predicted molar refractivity (Wildman–Crippen MR) is 63.3 cm³/mol. The van der Waals surface area contributed by atoms with Gasteiger partial charge in [0.05, 0.1) is 11.6 Å². The summed E-state index contributed by atoms with van der Waals surface area (Å²) in [4.78, 5) is 18.7. The number of carbonyl (C=O) groups excluding carboxylic acids is 1. The quantitative estimate of drug-likeness (QED) is 0.529. The van der Waals surface area contributed by atoms with E-state index in [-0.39, 0.29) is 11.9 Å². The zero-order chi connectivity index (χ0) is 12.3. The van der Waals surface area contributed by atoms with Gasteiger partial charge in [0.1, 0.15) is 5.82 Å². The molecule has 2 aromatic rings. The lowest BCUT2D eigenvalue weighted by molar-refractivity contribution is -0.118. The Morgan fingerprint density at radius 1 is 1.47 bits per heavy atom. The fourth-order valence-corrected chi connectivity index (χ4v) is 1.41. The van der Waals surface area contributed by atoms with Crippen molar-refractivity contribution in [3.05, 3.63) is 6.20 Å². The summed E-state index contributed by atoms with van der Waals surface area (Å²) in [7, 11) is 0. The summed E-state index contributed by atoms with van der Waals surface area (Å²) in [5.74, 6) is 0.706. The van der Waals surface area contributed by atoms with E-state index in [1.807, 2.05) is 0 Å². The number of H-pyrrole nitrogens is 1. The van der Waals surface area contributed by atoms with E-state index in [4.69, 9.17) is 5.73 Å². The van der Waals surface area contributed by atoms with Crippen LogP contribution in [0.2, 0.25) is 0 Å². The smallest absolute Gasteiger partial charge is 0.224 e. The number of hydrogen-bond acceptors (Lipinski definition) is 6. The molecule has 2 heterocycles. The lowest BCUT2D eigenvalue weighted by Crippen LogP contribution is -2.26. The van der Waals surface area contributed by atoms with Crippen LogP contribution in [-0.4, -0.2) is 39.2 Å². The molecule has 0 radical (unpaired) electrons. The van der Waals surface area contributed by atoms with Crippen LogP contribution in [0.15, 0.2) is 6.20 Å². The molecule has 8 nitrogen and oxygen atoms in total. The Morgan fingerprint density at radius 3 is 3.06 bits per heavy atom. The first-order valence-corrected chi connectivity index (χ1v) is 5.11. The van der Waals surface area contributed by atoms with E-state index in [0.717, 1.165) is 5.39 Å². The molecule has 0 unspecified atom stereocenters. The minimum atomic E-state index is -0.0672. The van der Waals surface area contributed by atoms with Gasteiger partial charge in [-0.3, -0.25) is 9.89 Å². The first-order chi connectivity index (χ1) is 8.16. The average Bonchev–Trinajstić information content (AvgIpc) is 2.71. The summed E-state index contributed by atoms with van der Waals surface area (Å²) >= 11 is 0. The summed E-state index contributed by atoms with van der Waals surface area (Å²) < 4.78 is 0. The second kappa shape index (κ2) is 4.64. The van der Waals surface area contributed by atoms with E-state index in [1.165, 1.54) is 6.92 Å². The van der Waals surface area contributed by atoms with Crippen molar-refractivity contribution in [2.45, 2.75) is 6.92 Å². The minimum absolute atomic E-state index is 0.0672. The van der Waals surface area contributed by atoms with Crippen molar-refractivity contribution in [1.29, 1.82) is 0 Å². The highest BCUT2D eigenvalue weighted by molar-refractivity contribution is 5.86. The van der Waals surface area contributed by atoms with Crippen molar-refractivity contribution in [2.75, 3.05) is 24.1 Å². The van der Waals surface area contributed by atoms with E-state index in [2.05, 4.69) is 30.8 Å². The van der Waals surface area contributed by atoms with Gasteiger partial charge in [-0.15, -0.1) is 0 Å². The predicted octanol–water partition coefficient (Wildman–Crippen LogP) is -0.517. The molecule has 0 atom stereocenters. The van der Waals surface area contributed by atoms with E-state index in [1.54, 1.807) is 6.20 Å². The maximum atomic E-state index is 10.7. The van der Waals surface area contributed by atoms with Crippen molar-refractivity contribution >= 4 is 28.7 Å². The fourth-order valence-electron chi connectivity index (χ4n) is 1.41. The zero-order valence-electron chi connectivity index (χ0n) is 9.32. The normalized spacial score (nSPS) is 10.4. The topological polar surface area (TPSA) is 122 Å². The Bertz CT molecular complexity index is 535. The van der Waals surface area contributed by atoms with Crippen LogP contribution in [0.5, 0.6) is 0 Å². The Kier molecular flexibility index (Phi) is 3.03. The molecule has 1 amide bonds.